The topological polar surface area (TPSA) is 98.1 Å². The van der Waals surface area contributed by atoms with Crippen molar-refractivity contribution >= 4 is 11.9 Å². The van der Waals surface area contributed by atoms with Gasteiger partial charge in [0, 0.05) is 12.5 Å². The smallest absolute Gasteiger partial charge is 0.414 e. The van der Waals surface area contributed by atoms with Crippen LogP contribution in [-0.2, 0) is 16.0 Å². The number of hydrogen-bond donors (Lipinski definition) is 3. The zero-order valence-electron chi connectivity index (χ0n) is 13.9. The summed E-state index contributed by atoms with van der Waals surface area (Å²) in [5.41, 5.74) is -0.182. The fourth-order valence-corrected chi connectivity index (χ4v) is 3.12. The molecule has 1 aliphatic rings. The second-order valence-corrected chi connectivity index (χ2v) is 6.21. The second-order valence-electron chi connectivity index (χ2n) is 6.21. The molecule has 0 heterocycles. The molecule has 134 valence electrons. The van der Waals surface area contributed by atoms with Gasteiger partial charge in [-0.15, -0.1) is 0 Å². The van der Waals surface area contributed by atoms with Crippen molar-refractivity contribution in [1.29, 1.82) is 0 Å². The van der Waals surface area contributed by atoms with Gasteiger partial charge in [-0.25, -0.2) is 14.0 Å². The molecular formula is C17H24FNO5. The normalized spacial score (nSPS) is 23.3. The monoisotopic (exact) mass is 341 g/mol. The van der Waals surface area contributed by atoms with Crippen LogP contribution in [0.1, 0.15) is 31.2 Å². The molecule has 0 aliphatic heterocycles. The number of benzene rings is 1. The maximum absolute atomic E-state index is 13.7. The number of aliphatic carboxylic acids is 2. The van der Waals surface area contributed by atoms with E-state index in [0.29, 0.717) is 12.0 Å². The minimum atomic E-state index is -1.82. The molecule has 0 aromatic heterocycles. The lowest BCUT2D eigenvalue weighted by Gasteiger charge is -2.43. The zero-order chi connectivity index (χ0) is 18.3. The molecule has 0 saturated heterocycles. The Morgan fingerprint density at radius 2 is 1.79 bits per heavy atom. The van der Waals surface area contributed by atoms with Crippen LogP contribution in [0, 0.1) is 5.82 Å². The molecule has 2 unspecified atom stereocenters. The molecule has 2 atom stereocenters. The molecule has 1 aromatic carbocycles. The van der Waals surface area contributed by atoms with Gasteiger partial charge in [0.2, 0.25) is 0 Å². The Kier molecular flexibility index (Phi) is 7.31. The first-order valence-corrected chi connectivity index (χ1v) is 7.76. The van der Waals surface area contributed by atoms with E-state index < -0.39 is 17.5 Å². The van der Waals surface area contributed by atoms with Crippen molar-refractivity contribution in [3.63, 3.8) is 0 Å². The average molecular weight is 341 g/mol. The fourth-order valence-electron chi connectivity index (χ4n) is 3.12. The van der Waals surface area contributed by atoms with Gasteiger partial charge >= 0.3 is 11.9 Å². The van der Waals surface area contributed by atoms with E-state index in [1.54, 1.807) is 12.1 Å². The van der Waals surface area contributed by atoms with Crippen LogP contribution in [-0.4, -0.2) is 57.9 Å². The summed E-state index contributed by atoms with van der Waals surface area (Å²) in [6.07, 6.45) is 4.31. The van der Waals surface area contributed by atoms with Crippen LogP contribution >= 0.6 is 0 Å². The van der Waals surface area contributed by atoms with E-state index in [1.165, 1.54) is 6.07 Å². The van der Waals surface area contributed by atoms with Gasteiger partial charge in [0.1, 0.15) is 5.82 Å². The highest BCUT2D eigenvalue weighted by atomic mass is 19.1. The summed E-state index contributed by atoms with van der Waals surface area (Å²) in [4.78, 5) is 20.3. The van der Waals surface area contributed by atoms with Crippen LogP contribution in [0.5, 0.6) is 0 Å². The highest BCUT2D eigenvalue weighted by molar-refractivity contribution is 6.27. The minimum absolute atomic E-state index is 0.117. The lowest BCUT2D eigenvalue weighted by Crippen LogP contribution is -2.53. The van der Waals surface area contributed by atoms with E-state index in [4.69, 9.17) is 19.8 Å². The molecule has 7 heteroatoms. The maximum Gasteiger partial charge on any atom is 0.414 e. The molecule has 0 radical (unpaired) electrons. The number of hydrogen-bond acceptors (Lipinski definition) is 4. The summed E-state index contributed by atoms with van der Waals surface area (Å²) >= 11 is 0. The molecule has 1 aromatic rings. The Morgan fingerprint density at radius 1 is 1.21 bits per heavy atom. The Morgan fingerprint density at radius 3 is 2.29 bits per heavy atom. The van der Waals surface area contributed by atoms with Crippen LogP contribution in [0.4, 0.5) is 4.39 Å². The van der Waals surface area contributed by atoms with E-state index in [9.17, 15) is 9.50 Å². The third-order valence-electron chi connectivity index (χ3n) is 4.22. The van der Waals surface area contributed by atoms with Crippen molar-refractivity contribution < 1.29 is 29.3 Å². The summed E-state index contributed by atoms with van der Waals surface area (Å²) in [7, 11) is 3.98. The van der Waals surface area contributed by atoms with Crippen LogP contribution in [0.15, 0.2) is 24.3 Å². The van der Waals surface area contributed by atoms with Gasteiger partial charge in [0.05, 0.1) is 5.60 Å². The lowest BCUT2D eigenvalue weighted by atomic mass is 9.76. The molecular weight excluding hydrogens is 317 g/mol. The molecule has 1 aliphatic carbocycles. The van der Waals surface area contributed by atoms with E-state index in [0.717, 1.165) is 25.7 Å². The molecule has 1 saturated carbocycles. The SMILES string of the molecule is CN(C)C1CCCCC1(O)Cc1ccccc1F.O=C(O)C(=O)O. The molecule has 0 spiro atoms. The number of rotatable bonds is 3. The van der Waals surface area contributed by atoms with E-state index in [-0.39, 0.29) is 11.9 Å². The number of aliphatic hydroxyl groups is 1. The van der Waals surface area contributed by atoms with Gasteiger partial charge < -0.3 is 20.2 Å². The average Bonchev–Trinajstić information content (AvgIpc) is 2.50. The number of carbonyl (C=O) groups is 2. The van der Waals surface area contributed by atoms with Gasteiger partial charge in [0.15, 0.2) is 0 Å². The van der Waals surface area contributed by atoms with E-state index in [2.05, 4.69) is 4.90 Å². The van der Waals surface area contributed by atoms with Crippen LogP contribution in [0.2, 0.25) is 0 Å². The molecule has 0 bridgehead atoms. The molecule has 6 nitrogen and oxygen atoms in total. The number of carboxylic acids is 2. The molecule has 2 rings (SSSR count). The summed E-state index contributed by atoms with van der Waals surface area (Å²) in [5, 5.41) is 25.7. The zero-order valence-corrected chi connectivity index (χ0v) is 13.9. The largest absolute Gasteiger partial charge is 0.473 e. The first-order chi connectivity index (χ1) is 11.2. The summed E-state index contributed by atoms with van der Waals surface area (Å²) < 4.78 is 13.7. The molecule has 24 heavy (non-hydrogen) atoms. The Labute approximate surface area is 140 Å². The van der Waals surface area contributed by atoms with E-state index in [1.807, 2.05) is 20.2 Å². The van der Waals surface area contributed by atoms with Gasteiger partial charge in [-0.05, 0) is 38.6 Å². The first kappa shape index (κ1) is 20.1. The van der Waals surface area contributed by atoms with Crippen molar-refractivity contribution in [3.8, 4) is 0 Å². The second kappa shape index (κ2) is 8.75. The van der Waals surface area contributed by atoms with Gasteiger partial charge in [0.25, 0.3) is 0 Å². The Bertz CT molecular complexity index is 566. The van der Waals surface area contributed by atoms with Crippen LogP contribution in [0.3, 0.4) is 0 Å². The Hall–Kier alpha value is -1.99. The third-order valence-corrected chi connectivity index (χ3v) is 4.22. The third kappa shape index (κ3) is 5.58. The van der Waals surface area contributed by atoms with Crippen molar-refractivity contribution in [2.45, 2.75) is 43.7 Å². The number of likely N-dealkylation sites (N-methyl/N-ethyl adjacent to an activating group) is 1. The molecule has 1 fully saturated rings. The van der Waals surface area contributed by atoms with Crippen LogP contribution in [0.25, 0.3) is 0 Å². The number of nitrogens with zero attached hydrogens (tertiary/aromatic N) is 1. The van der Waals surface area contributed by atoms with E-state index >= 15 is 0 Å². The van der Waals surface area contributed by atoms with Crippen molar-refractivity contribution in [2.24, 2.45) is 0 Å². The predicted octanol–water partition coefficient (Wildman–Crippen LogP) is 1.76. The van der Waals surface area contributed by atoms with Crippen molar-refractivity contribution in [3.05, 3.63) is 35.6 Å². The van der Waals surface area contributed by atoms with Crippen LogP contribution < -0.4 is 0 Å². The fraction of sp³-hybridized carbons (Fsp3) is 0.529. The highest BCUT2D eigenvalue weighted by Gasteiger charge is 2.40. The predicted molar refractivity (Wildman–Crippen MR) is 86.3 cm³/mol. The van der Waals surface area contributed by atoms with Crippen molar-refractivity contribution in [1.82, 2.24) is 4.90 Å². The quantitative estimate of drug-likeness (QED) is 0.725. The highest BCUT2D eigenvalue weighted by Crippen LogP contribution is 2.34. The van der Waals surface area contributed by atoms with Gasteiger partial charge in [-0.2, -0.15) is 0 Å². The first-order valence-electron chi connectivity index (χ1n) is 7.76. The number of halogens is 1. The van der Waals surface area contributed by atoms with Gasteiger partial charge in [-0.1, -0.05) is 31.0 Å². The summed E-state index contributed by atoms with van der Waals surface area (Å²) in [6, 6.07) is 6.87. The maximum atomic E-state index is 13.7. The van der Waals surface area contributed by atoms with Gasteiger partial charge in [-0.3, -0.25) is 0 Å². The number of carboxylic acid groups (broad SMARTS) is 2. The summed E-state index contributed by atoms with van der Waals surface area (Å²) in [5.74, 6) is -3.86. The molecule has 0 amide bonds. The Balaban J connectivity index is 0.000000413. The standard InChI is InChI=1S/C15H22FNO.C2H2O4/c1-17(2)14-9-5-6-10-15(14,18)11-12-7-3-4-8-13(12)16;3-1(4)2(5)6/h3-4,7-8,14,18H,5-6,9-11H2,1-2H3;(H,3,4)(H,5,6). The van der Waals surface area contributed by atoms with Crippen molar-refractivity contribution in [2.75, 3.05) is 14.1 Å². The minimum Gasteiger partial charge on any atom is -0.473 e. The lowest BCUT2D eigenvalue weighted by molar-refractivity contribution is -0.159. The molecule has 3 N–H and O–H groups in total. The summed E-state index contributed by atoms with van der Waals surface area (Å²) in [6.45, 7) is 0.